The summed E-state index contributed by atoms with van der Waals surface area (Å²) in [4.78, 5) is 2.29. The predicted molar refractivity (Wildman–Crippen MR) is 82.9 cm³/mol. The number of ether oxygens (including phenoxy) is 2. The first-order valence-electron chi connectivity index (χ1n) is 6.91. The minimum atomic E-state index is 0.0432. The van der Waals surface area contributed by atoms with E-state index >= 15 is 0 Å². The molecule has 3 N–H and O–H groups in total. The van der Waals surface area contributed by atoms with Gasteiger partial charge in [-0.2, -0.15) is 0 Å². The summed E-state index contributed by atoms with van der Waals surface area (Å²) >= 11 is 0. The third-order valence-electron chi connectivity index (χ3n) is 3.35. The second-order valence-electron chi connectivity index (χ2n) is 5.08. The number of rotatable bonds is 8. The smallest absolute Gasteiger partial charge is 0.173 e. The first-order valence-corrected chi connectivity index (χ1v) is 6.91. The van der Waals surface area contributed by atoms with E-state index in [1.807, 2.05) is 18.2 Å². The molecule has 0 aliphatic carbocycles. The Kier molecular flexibility index (Phi) is 6.98. The van der Waals surface area contributed by atoms with Gasteiger partial charge in [0.05, 0.1) is 19.3 Å². The van der Waals surface area contributed by atoms with E-state index in [1.165, 1.54) is 0 Å². The highest BCUT2D eigenvalue weighted by molar-refractivity contribution is 5.99. The summed E-state index contributed by atoms with van der Waals surface area (Å²) in [5.41, 5.74) is 7.36. The molecule has 0 spiro atoms. The number of benzene rings is 1. The van der Waals surface area contributed by atoms with Crippen LogP contribution in [0.15, 0.2) is 23.4 Å². The van der Waals surface area contributed by atoms with Crippen molar-refractivity contribution < 1.29 is 14.7 Å². The monoisotopic (exact) mass is 295 g/mol. The van der Waals surface area contributed by atoms with Crippen molar-refractivity contribution in [2.45, 2.75) is 26.4 Å². The van der Waals surface area contributed by atoms with E-state index in [9.17, 15) is 0 Å². The Morgan fingerprint density at radius 1 is 1.38 bits per heavy atom. The zero-order valence-electron chi connectivity index (χ0n) is 13.2. The topological polar surface area (TPSA) is 80.3 Å². The number of methoxy groups -OCH3 is 2. The van der Waals surface area contributed by atoms with Gasteiger partial charge in [-0.05, 0) is 31.5 Å². The SMILES string of the molecule is COCCN(Cc1ccc(OC)c(/C(N)=N/O)c1)C(C)C. The molecule has 0 saturated heterocycles. The maximum atomic E-state index is 8.87. The van der Waals surface area contributed by atoms with E-state index < -0.39 is 0 Å². The van der Waals surface area contributed by atoms with Gasteiger partial charge in [-0.25, -0.2) is 0 Å². The molecule has 0 unspecified atom stereocenters. The van der Waals surface area contributed by atoms with Gasteiger partial charge in [0, 0.05) is 26.2 Å². The van der Waals surface area contributed by atoms with E-state index in [4.69, 9.17) is 20.4 Å². The van der Waals surface area contributed by atoms with Gasteiger partial charge in [0.25, 0.3) is 0 Å². The average Bonchev–Trinajstić information content (AvgIpc) is 2.50. The van der Waals surface area contributed by atoms with Crippen LogP contribution in [0.1, 0.15) is 25.0 Å². The molecular formula is C15H25N3O3. The molecule has 0 fully saturated rings. The van der Waals surface area contributed by atoms with Gasteiger partial charge in [-0.3, -0.25) is 4.90 Å². The van der Waals surface area contributed by atoms with Crippen LogP contribution in [-0.4, -0.2) is 49.4 Å². The maximum Gasteiger partial charge on any atom is 0.173 e. The Hall–Kier alpha value is -1.79. The van der Waals surface area contributed by atoms with Crippen molar-refractivity contribution >= 4 is 5.84 Å². The number of hydrogen-bond acceptors (Lipinski definition) is 5. The molecule has 6 heteroatoms. The molecule has 0 atom stereocenters. The molecule has 0 amide bonds. The predicted octanol–water partition coefficient (Wildman–Crippen LogP) is 1.65. The molecular weight excluding hydrogens is 270 g/mol. The molecule has 0 aliphatic rings. The zero-order chi connectivity index (χ0) is 15.8. The summed E-state index contributed by atoms with van der Waals surface area (Å²) in [7, 11) is 3.25. The Labute approximate surface area is 126 Å². The highest BCUT2D eigenvalue weighted by Crippen LogP contribution is 2.21. The van der Waals surface area contributed by atoms with Crippen LogP contribution in [0.5, 0.6) is 5.75 Å². The first kappa shape index (κ1) is 17.3. The van der Waals surface area contributed by atoms with Crippen LogP contribution in [0.4, 0.5) is 0 Å². The Balaban J connectivity index is 2.97. The van der Waals surface area contributed by atoms with Crippen molar-refractivity contribution in [3.05, 3.63) is 29.3 Å². The molecule has 0 aliphatic heterocycles. The fourth-order valence-corrected chi connectivity index (χ4v) is 2.07. The standard InChI is InChI=1S/C15H25N3O3/c1-11(2)18(7-8-20-3)10-12-5-6-14(21-4)13(9-12)15(16)17-19/h5-6,9,11,19H,7-8,10H2,1-4H3,(H2,16,17). The van der Waals surface area contributed by atoms with Gasteiger partial charge in [-0.1, -0.05) is 11.2 Å². The van der Waals surface area contributed by atoms with Crippen LogP contribution < -0.4 is 10.5 Å². The van der Waals surface area contributed by atoms with Crippen molar-refractivity contribution in [2.75, 3.05) is 27.4 Å². The summed E-state index contributed by atoms with van der Waals surface area (Å²) < 4.78 is 10.4. The Morgan fingerprint density at radius 2 is 2.10 bits per heavy atom. The quantitative estimate of drug-likeness (QED) is 0.330. The normalized spacial score (nSPS) is 12.2. The third kappa shape index (κ3) is 4.91. The fraction of sp³-hybridized carbons (Fsp3) is 0.533. The van der Waals surface area contributed by atoms with E-state index in [2.05, 4.69) is 23.9 Å². The first-order chi connectivity index (χ1) is 10.0. The minimum Gasteiger partial charge on any atom is -0.496 e. The highest BCUT2D eigenvalue weighted by atomic mass is 16.5. The lowest BCUT2D eigenvalue weighted by atomic mass is 10.1. The number of nitrogens with two attached hydrogens (primary N) is 1. The van der Waals surface area contributed by atoms with E-state index in [0.717, 1.165) is 18.7 Å². The van der Waals surface area contributed by atoms with Gasteiger partial charge >= 0.3 is 0 Å². The maximum absolute atomic E-state index is 8.87. The molecule has 0 bridgehead atoms. The highest BCUT2D eigenvalue weighted by Gasteiger charge is 2.13. The molecule has 0 aromatic heterocycles. The Morgan fingerprint density at radius 3 is 2.62 bits per heavy atom. The second-order valence-corrected chi connectivity index (χ2v) is 5.08. The third-order valence-corrected chi connectivity index (χ3v) is 3.35. The number of amidine groups is 1. The number of nitrogens with zero attached hydrogens (tertiary/aromatic N) is 2. The number of oxime groups is 1. The van der Waals surface area contributed by atoms with Crippen LogP contribution in [0.25, 0.3) is 0 Å². The molecule has 6 nitrogen and oxygen atoms in total. The van der Waals surface area contributed by atoms with Crippen LogP contribution in [0.2, 0.25) is 0 Å². The van der Waals surface area contributed by atoms with Crippen LogP contribution in [0, 0.1) is 0 Å². The molecule has 1 rings (SSSR count). The summed E-state index contributed by atoms with van der Waals surface area (Å²) in [5, 5.41) is 11.9. The van der Waals surface area contributed by atoms with Crippen molar-refractivity contribution in [3.8, 4) is 5.75 Å². The summed E-state index contributed by atoms with van der Waals surface area (Å²) in [5.74, 6) is 0.628. The molecule has 1 aromatic carbocycles. The molecule has 118 valence electrons. The molecule has 21 heavy (non-hydrogen) atoms. The van der Waals surface area contributed by atoms with Crippen LogP contribution in [0.3, 0.4) is 0 Å². The molecule has 0 radical (unpaired) electrons. The van der Waals surface area contributed by atoms with Crippen molar-refractivity contribution in [1.82, 2.24) is 4.90 Å². The summed E-state index contributed by atoms with van der Waals surface area (Å²) in [6.45, 7) is 6.57. The van der Waals surface area contributed by atoms with E-state index in [0.29, 0.717) is 24.0 Å². The van der Waals surface area contributed by atoms with E-state index in [-0.39, 0.29) is 5.84 Å². The van der Waals surface area contributed by atoms with Crippen LogP contribution >= 0.6 is 0 Å². The lowest BCUT2D eigenvalue weighted by molar-refractivity contribution is 0.125. The summed E-state index contributed by atoms with van der Waals surface area (Å²) in [6, 6.07) is 6.09. The molecule has 0 saturated carbocycles. The van der Waals surface area contributed by atoms with Gasteiger partial charge in [0.2, 0.25) is 0 Å². The summed E-state index contributed by atoms with van der Waals surface area (Å²) in [6.07, 6.45) is 0. The van der Waals surface area contributed by atoms with Crippen molar-refractivity contribution in [3.63, 3.8) is 0 Å². The van der Waals surface area contributed by atoms with Gasteiger partial charge in [0.1, 0.15) is 5.75 Å². The number of hydrogen-bond donors (Lipinski definition) is 2. The van der Waals surface area contributed by atoms with Crippen molar-refractivity contribution in [2.24, 2.45) is 10.9 Å². The lowest BCUT2D eigenvalue weighted by Gasteiger charge is -2.26. The lowest BCUT2D eigenvalue weighted by Crippen LogP contribution is -2.33. The largest absolute Gasteiger partial charge is 0.496 e. The van der Waals surface area contributed by atoms with Gasteiger partial charge in [0.15, 0.2) is 5.84 Å². The zero-order valence-corrected chi connectivity index (χ0v) is 13.2. The van der Waals surface area contributed by atoms with E-state index in [1.54, 1.807) is 14.2 Å². The minimum absolute atomic E-state index is 0.0432. The Bertz CT molecular complexity index is 475. The van der Waals surface area contributed by atoms with Gasteiger partial charge in [-0.15, -0.1) is 0 Å². The second kappa shape index (κ2) is 8.49. The average molecular weight is 295 g/mol. The fourth-order valence-electron chi connectivity index (χ4n) is 2.07. The molecule has 1 aromatic rings. The van der Waals surface area contributed by atoms with Gasteiger partial charge < -0.3 is 20.4 Å². The molecule has 0 heterocycles. The van der Waals surface area contributed by atoms with Crippen molar-refractivity contribution in [1.29, 1.82) is 0 Å². The van der Waals surface area contributed by atoms with Crippen LogP contribution in [-0.2, 0) is 11.3 Å².